The standard InChI is InChI=1S/C25H19ClFN3O3S/c26-22-11-6-19(16-23(22)30-34(32,33)21-9-7-20(27)8-10-21)25(31)29-24(17-4-2-1-3-5-17)18-12-14-28-15-13-18/h1-16,24,30H,(H,29,31). The van der Waals surface area contributed by atoms with Gasteiger partial charge in [-0.2, -0.15) is 0 Å². The molecule has 0 bridgehead atoms. The summed E-state index contributed by atoms with van der Waals surface area (Å²) >= 11 is 6.19. The Balaban J connectivity index is 1.61. The molecule has 0 aliphatic carbocycles. The smallest absolute Gasteiger partial charge is 0.261 e. The maximum atomic E-state index is 13.2. The van der Waals surface area contributed by atoms with Crippen LogP contribution in [0.15, 0.2) is 102 Å². The Kier molecular flexibility index (Phi) is 6.90. The summed E-state index contributed by atoms with van der Waals surface area (Å²) in [6.07, 6.45) is 3.28. The summed E-state index contributed by atoms with van der Waals surface area (Å²) in [6.45, 7) is 0. The summed E-state index contributed by atoms with van der Waals surface area (Å²) in [7, 11) is -4.04. The van der Waals surface area contributed by atoms with Crippen molar-refractivity contribution in [2.45, 2.75) is 10.9 Å². The Morgan fingerprint density at radius 2 is 1.53 bits per heavy atom. The van der Waals surface area contributed by atoms with Crippen LogP contribution in [0.3, 0.4) is 0 Å². The molecule has 0 aliphatic heterocycles. The molecule has 1 aromatic heterocycles. The molecule has 1 amide bonds. The number of nitrogens with zero attached hydrogens (tertiary/aromatic N) is 1. The van der Waals surface area contributed by atoms with Gasteiger partial charge in [-0.3, -0.25) is 14.5 Å². The Morgan fingerprint density at radius 1 is 0.882 bits per heavy atom. The first-order valence-corrected chi connectivity index (χ1v) is 12.0. The fraction of sp³-hybridized carbons (Fsp3) is 0.0400. The van der Waals surface area contributed by atoms with Crippen molar-refractivity contribution in [2.75, 3.05) is 4.72 Å². The Labute approximate surface area is 201 Å². The minimum Gasteiger partial charge on any atom is -0.341 e. The van der Waals surface area contributed by atoms with E-state index in [4.69, 9.17) is 11.6 Å². The van der Waals surface area contributed by atoms with Crippen LogP contribution in [0.1, 0.15) is 27.5 Å². The third-order valence-electron chi connectivity index (χ3n) is 5.04. The van der Waals surface area contributed by atoms with E-state index in [-0.39, 0.29) is 21.2 Å². The van der Waals surface area contributed by atoms with Crippen LogP contribution in [-0.4, -0.2) is 19.3 Å². The molecule has 0 saturated carbocycles. The molecule has 2 N–H and O–H groups in total. The van der Waals surface area contributed by atoms with Gasteiger partial charge < -0.3 is 5.32 Å². The SMILES string of the molecule is O=C(NC(c1ccccc1)c1ccncc1)c1ccc(Cl)c(NS(=O)(=O)c2ccc(F)cc2)c1. The highest BCUT2D eigenvalue weighted by Gasteiger charge is 2.20. The van der Waals surface area contributed by atoms with E-state index in [2.05, 4.69) is 15.0 Å². The number of pyridine rings is 1. The van der Waals surface area contributed by atoms with Crippen molar-refractivity contribution in [3.63, 3.8) is 0 Å². The number of hydrogen-bond donors (Lipinski definition) is 2. The third-order valence-corrected chi connectivity index (χ3v) is 6.76. The summed E-state index contributed by atoms with van der Waals surface area (Å²) < 4.78 is 40.9. The predicted molar refractivity (Wildman–Crippen MR) is 129 cm³/mol. The molecule has 1 heterocycles. The van der Waals surface area contributed by atoms with Crippen LogP contribution >= 0.6 is 11.6 Å². The highest BCUT2D eigenvalue weighted by molar-refractivity contribution is 7.92. The second kappa shape index (κ2) is 10.0. The number of carbonyl (C=O) groups excluding carboxylic acids is 1. The fourth-order valence-corrected chi connectivity index (χ4v) is 4.63. The van der Waals surface area contributed by atoms with Crippen molar-refractivity contribution in [1.29, 1.82) is 0 Å². The van der Waals surface area contributed by atoms with E-state index in [9.17, 15) is 17.6 Å². The van der Waals surface area contributed by atoms with E-state index < -0.39 is 27.8 Å². The van der Waals surface area contributed by atoms with E-state index in [0.717, 1.165) is 35.4 Å². The van der Waals surface area contributed by atoms with E-state index in [1.165, 1.54) is 18.2 Å². The van der Waals surface area contributed by atoms with Gasteiger partial charge in [0.1, 0.15) is 5.82 Å². The lowest BCUT2D eigenvalue weighted by atomic mass is 9.99. The predicted octanol–water partition coefficient (Wildman–Crippen LogP) is 5.19. The van der Waals surface area contributed by atoms with Crippen LogP contribution in [-0.2, 0) is 10.0 Å². The topological polar surface area (TPSA) is 88.2 Å². The highest BCUT2D eigenvalue weighted by atomic mass is 35.5. The van der Waals surface area contributed by atoms with Crippen molar-refractivity contribution in [2.24, 2.45) is 0 Å². The number of anilines is 1. The summed E-state index contributed by atoms with van der Waals surface area (Å²) in [5.74, 6) is -0.984. The number of benzene rings is 3. The Bertz CT molecular complexity index is 1360. The fourth-order valence-electron chi connectivity index (χ4n) is 3.34. The van der Waals surface area contributed by atoms with Gasteiger partial charge in [-0.1, -0.05) is 41.9 Å². The van der Waals surface area contributed by atoms with Crippen molar-refractivity contribution < 1.29 is 17.6 Å². The number of halogens is 2. The molecule has 1 atom stereocenters. The average Bonchev–Trinajstić information content (AvgIpc) is 2.85. The van der Waals surface area contributed by atoms with Crippen molar-refractivity contribution in [3.8, 4) is 0 Å². The molecule has 6 nitrogen and oxygen atoms in total. The van der Waals surface area contributed by atoms with E-state index in [0.29, 0.717) is 0 Å². The summed E-state index contributed by atoms with van der Waals surface area (Å²) in [4.78, 5) is 17.0. The third kappa shape index (κ3) is 5.41. The normalized spacial score (nSPS) is 12.1. The number of rotatable bonds is 7. The van der Waals surface area contributed by atoms with Gasteiger partial charge in [0.15, 0.2) is 0 Å². The number of nitrogens with one attached hydrogen (secondary N) is 2. The maximum absolute atomic E-state index is 13.2. The average molecular weight is 496 g/mol. The summed E-state index contributed by atoms with van der Waals surface area (Å²) in [6, 6.07) is 21.3. The van der Waals surface area contributed by atoms with Gasteiger partial charge in [0.05, 0.1) is 21.6 Å². The van der Waals surface area contributed by atoms with Crippen LogP contribution in [0.5, 0.6) is 0 Å². The minimum absolute atomic E-state index is 0.0267. The minimum atomic E-state index is -4.04. The number of hydrogen-bond acceptors (Lipinski definition) is 4. The maximum Gasteiger partial charge on any atom is 0.261 e. The molecule has 4 rings (SSSR count). The summed E-state index contributed by atoms with van der Waals surface area (Å²) in [5.41, 5.74) is 1.93. The molecule has 0 spiro atoms. The lowest BCUT2D eigenvalue weighted by Gasteiger charge is -2.20. The van der Waals surface area contributed by atoms with Gasteiger partial charge in [-0.15, -0.1) is 0 Å². The van der Waals surface area contributed by atoms with Crippen molar-refractivity contribution >= 4 is 33.2 Å². The van der Waals surface area contributed by atoms with Crippen molar-refractivity contribution in [3.05, 3.63) is 125 Å². The van der Waals surface area contributed by atoms with Crippen LogP contribution in [0.25, 0.3) is 0 Å². The van der Waals surface area contributed by atoms with E-state index in [1.807, 2.05) is 42.5 Å². The van der Waals surface area contributed by atoms with Crippen LogP contribution in [0, 0.1) is 5.82 Å². The molecule has 4 aromatic rings. The molecule has 0 fully saturated rings. The van der Waals surface area contributed by atoms with Gasteiger partial charge >= 0.3 is 0 Å². The first-order valence-electron chi connectivity index (χ1n) is 10.2. The highest BCUT2D eigenvalue weighted by Crippen LogP contribution is 2.27. The molecule has 34 heavy (non-hydrogen) atoms. The number of amides is 1. The van der Waals surface area contributed by atoms with Gasteiger partial charge in [0.25, 0.3) is 15.9 Å². The number of aromatic nitrogens is 1. The zero-order valence-electron chi connectivity index (χ0n) is 17.7. The van der Waals surface area contributed by atoms with Crippen molar-refractivity contribution in [1.82, 2.24) is 10.3 Å². The first kappa shape index (κ1) is 23.4. The molecule has 0 saturated heterocycles. The first-order chi connectivity index (χ1) is 16.3. The van der Waals surface area contributed by atoms with Gasteiger partial charge in [-0.25, -0.2) is 12.8 Å². The molecular weight excluding hydrogens is 477 g/mol. The van der Waals surface area contributed by atoms with Crippen LogP contribution in [0.2, 0.25) is 5.02 Å². The second-order valence-electron chi connectivity index (χ2n) is 7.35. The van der Waals surface area contributed by atoms with E-state index >= 15 is 0 Å². The Hall–Kier alpha value is -3.75. The lowest BCUT2D eigenvalue weighted by molar-refractivity contribution is 0.0943. The zero-order valence-corrected chi connectivity index (χ0v) is 19.2. The summed E-state index contributed by atoms with van der Waals surface area (Å²) in [5, 5.41) is 3.09. The molecule has 172 valence electrons. The monoisotopic (exact) mass is 495 g/mol. The second-order valence-corrected chi connectivity index (χ2v) is 9.44. The molecule has 0 radical (unpaired) electrons. The van der Waals surface area contributed by atoms with E-state index in [1.54, 1.807) is 12.4 Å². The quantitative estimate of drug-likeness (QED) is 0.369. The zero-order chi connectivity index (χ0) is 24.1. The molecule has 1 unspecified atom stereocenters. The molecule has 9 heteroatoms. The largest absolute Gasteiger partial charge is 0.341 e. The number of sulfonamides is 1. The molecular formula is C25H19ClFN3O3S. The van der Waals surface area contributed by atoms with Crippen LogP contribution < -0.4 is 10.0 Å². The van der Waals surface area contributed by atoms with Gasteiger partial charge in [0.2, 0.25) is 0 Å². The lowest BCUT2D eigenvalue weighted by Crippen LogP contribution is -2.29. The Morgan fingerprint density at radius 3 is 2.21 bits per heavy atom. The number of carbonyl (C=O) groups is 1. The van der Waals surface area contributed by atoms with Gasteiger partial charge in [0, 0.05) is 18.0 Å². The van der Waals surface area contributed by atoms with Crippen LogP contribution in [0.4, 0.5) is 10.1 Å². The molecule has 3 aromatic carbocycles. The molecule has 0 aliphatic rings. The van der Waals surface area contributed by atoms with Gasteiger partial charge in [-0.05, 0) is 65.7 Å².